The fourth-order valence-corrected chi connectivity index (χ4v) is 2.58. The topological polar surface area (TPSA) is 108 Å². The first kappa shape index (κ1) is 24.8. The molecule has 0 saturated carbocycles. The summed E-state index contributed by atoms with van der Waals surface area (Å²) in [7, 11) is -2.98. The molecular formula is C16H26ClFNO6P. The Morgan fingerprint density at radius 2 is 1.96 bits per heavy atom. The fraction of sp³-hybridized carbons (Fsp3) is 0.562. The van der Waals surface area contributed by atoms with E-state index in [1.54, 1.807) is 6.92 Å². The van der Waals surface area contributed by atoms with Crippen LogP contribution >= 0.6 is 19.2 Å². The first-order chi connectivity index (χ1) is 11.8. The van der Waals surface area contributed by atoms with Crippen molar-refractivity contribution >= 4 is 25.2 Å². The maximum atomic E-state index is 12.8. The summed E-state index contributed by atoms with van der Waals surface area (Å²) in [5.74, 6) is -2.58. The van der Waals surface area contributed by atoms with E-state index in [2.05, 4.69) is 4.52 Å². The zero-order valence-electron chi connectivity index (χ0n) is 15.5. The van der Waals surface area contributed by atoms with Crippen molar-refractivity contribution in [1.29, 1.82) is 0 Å². The minimum Gasteiger partial charge on any atom is -0.480 e. The molecule has 10 heteroatoms. The van der Waals surface area contributed by atoms with E-state index in [9.17, 15) is 18.6 Å². The molecule has 150 valence electrons. The lowest BCUT2D eigenvalue weighted by molar-refractivity contribution is -0.148. The van der Waals surface area contributed by atoms with Crippen LogP contribution in [-0.4, -0.2) is 36.0 Å². The summed E-state index contributed by atoms with van der Waals surface area (Å²) in [6.45, 7) is 6.93. The second kappa shape index (κ2) is 10.8. The smallest absolute Gasteiger partial charge is 0.368 e. The lowest BCUT2D eigenvalue weighted by Crippen LogP contribution is -2.26. The first-order valence-corrected chi connectivity index (χ1v) is 9.77. The molecule has 26 heavy (non-hydrogen) atoms. The normalized spacial score (nSPS) is 14.5. The van der Waals surface area contributed by atoms with Crippen LogP contribution < -0.4 is 10.5 Å². The average Bonchev–Trinajstić information content (AvgIpc) is 2.50. The minimum absolute atomic E-state index is 0. The van der Waals surface area contributed by atoms with Gasteiger partial charge in [0.15, 0.2) is 6.61 Å². The van der Waals surface area contributed by atoms with Crippen molar-refractivity contribution in [2.75, 3.05) is 13.7 Å². The third-order valence-electron chi connectivity index (χ3n) is 2.48. The second-order valence-electron chi connectivity index (χ2n) is 6.33. The van der Waals surface area contributed by atoms with E-state index in [-0.39, 0.29) is 22.7 Å². The number of rotatable bonds is 7. The summed E-state index contributed by atoms with van der Waals surface area (Å²) in [5.41, 5.74) is 5.35. The number of halogens is 2. The van der Waals surface area contributed by atoms with Gasteiger partial charge in [0, 0.05) is 12.6 Å². The standard InChI is InChI=1S/C12H15ClFO6P.C4H11N/c1-3-12(21(16,17)18-2)20-11(15)7-19-10-5-4-8(14)6-9(10)13;1-4(2,3)5/h4-6,12H,3,7H2,1-2H3,(H,16,17);5H2,1-3H3. The highest BCUT2D eigenvalue weighted by atomic mass is 35.5. The zero-order chi connectivity index (χ0) is 20.5. The molecule has 0 fully saturated rings. The maximum absolute atomic E-state index is 12.8. The zero-order valence-corrected chi connectivity index (χ0v) is 17.1. The van der Waals surface area contributed by atoms with E-state index in [1.165, 1.54) is 6.07 Å². The number of hydrogen-bond acceptors (Lipinski definition) is 6. The molecule has 1 rings (SSSR count). The Kier molecular flexibility index (Phi) is 10.4. The summed E-state index contributed by atoms with van der Waals surface area (Å²) >= 11 is 5.72. The van der Waals surface area contributed by atoms with Crippen molar-refractivity contribution in [3.05, 3.63) is 29.0 Å². The van der Waals surface area contributed by atoms with Crippen LogP contribution in [0.25, 0.3) is 0 Å². The van der Waals surface area contributed by atoms with Crippen LogP contribution in [0.2, 0.25) is 5.02 Å². The molecule has 0 aromatic heterocycles. The van der Waals surface area contributed by atoms with Crippen LogP contribution in [0.1, 0.15) is 34.1 Å². The molecular weight excluding hydrogens is 388 g/mol. The molecule has 7 nitrogen and oxygen atoms in total. The van der Waals surface area contributed by atoms with Gasteiger partial charge in [0.05, 0.1) is 5.02 Å². The Hall–Kier alpha value is -1.18. The number of benzene rings is 1. The molecule has 0 aliphatic carbocycles. The number of carbonyl (C=O) groups excluding carboxylic acids is 1. The van der Waals surface area contributed by atoms with E-state index in [0.29, 0.717) is 0 Å². The Morgan fingerprint density at radius 3 is 2.38 bits per heavy atom. The lowest BCUT2D eigenvalue weighted by Gasteiger charge is -2.20. The molecule has 0 heterocycles. The summed E-state index contributed by atoms with van der Waals surface area (Å²) in [4.78, 5) is 21.0. The van der Waals surface area contributed by atoms with E-state index >= 15 is 0 Å². The molecule has 0 saturated heterocycles. The molecule has 0 aliphatic rings. The largest absolute Gasteiger partial charge is 0.480 e. The minimum atomic E-state index is -4.02. The maximum Gasteiger partial charge on any atom is 0.368 e. The Labute approximate surface area is 158 Å². The molecule has 0 bridgehead atoms. The quantitative estimate of drug-likeness (QED) is 0.518. The number of nitrogens with two attached hydrogens (primary N) is 1. The van der Waals surface area contributed by atoms with Gasteiger partial charge in [-0.05, 0) is 45.4 Å². The Morgan fingerprint density at radius 1 is 1.42 bits per heavy atom. The summed E-state index contributed by atoms with van der Waals surface area (Å²) < 4.78 is 38.7. The van der Waals surface area contributed by atoms with Crippen LogP contribution in [0, 0.1) is 5.82 Å². The molecule has 0 spiro atoms. The van der Waals surface area contributed by atoms with Gasteiger partial charge in [-0.2, -0.15) is 0 Å². The van der Waals surface area contributed by atoms with Gasteiger partial charge in [0.1, 0.15) is 11.6 Å². The highest BCUT2D eigenvalue weighted by molar-refractivity contribution is 7.53. The average molecular weight is 414 g/mol. The molecule has 0 radical (unpaired) electrons. The molecule has 1 aromatic carbocycles. The van der Waals surface area contributed by atoms with Crippen molar-refractivity contribution in [1.82, 2.24) is 0 Å². The van der Waals surface area contributed by atoms with Gasteiger partial charge in [-0.25, -0.2) is 9.18 Å². The van der Waals surface area contributed by atoms with Crippen molar-refractivity contribution in [2.24, 2.45) is 5.73 Å². The molecule has 2 unspecified atom stereocenters. The van der Waals surface area contributed by atoms with Crippen LogP contribution in [0.5, 0.6) is 5.75 Å². The van der Waals surface area contributed by atoms with Crippen molar-refractivity contribution in [3.63, 3.8) is 0 Å². The first-order valence-electron chi connectivity index (χ1n) is 7.74. The van der Waals surface area contributed by atoms with Gasteiger partial charge in [-0.1, -0.05) is 18.5 Å². The predicted octanol–water partition coefficient (Wildman–Crippen LogP) is 3.71. The summed E-state index contributed by atoms with van der Waals surface area (Å²) in [5, 5.41) is -0.000405. The van der Waals surface area contributed by atoms with E-state index in [0.717, 1.165) is 19.2 Å². The molecule has 2 atom stereocenters. The number of carbonyl (C=O) groups is 1. The van der Waals surface area contributed by atoms with Crippen LogP contribution in [0.15, 0.2) is 18.2 Å². The Balaban J connectivity index is 0.00000110. The van der Waals surface area contributed by atoms with Crippen molar-refractivity contribution < 1.29 is 32.6 Å². The van der Waals surface area contributed by atoms with Gasteiger partial charge in [0.2, 0.25) is 5.85 Å². The van der Waals surface area contributed by atoms with Crippen molar-refractivity contribution in [3.8, 4) is 5.75 Å². The number of esters is 1. The highest BCUT2D eigenvalue weighted by Gasteiger charge is 2.33. The van der Waals surface area contributed by atoms with Gasteiger partial charge in [-0.3, -0.25) is 4.57 Å². The lowest BCUT2D eigenvalue weighted by atomic mass is 10.1. The Bertz CT molecular complexity index is 632. The van der Waals surface area contributed by atoms with Crippen molar-refractivity contribution in [2.45, 2.75) is 45.5 Å². The van der Waals surface area contributed by atoms with Crippen LogP contribution in [-0.2, 0) is 18.6 Å². The number of ether oxygens (including phenoxy) is 2. The third-order valence-corrected chi connectivity index (χ3v) is 4.50. The van der Waals surface area contributed by atoms with Crippen LogP contribution in [0.3, 0.4) is 0 Å². The van der Waals surface area contributed by atoms with E-state index in [1.807, 2.05) is 20.8 Å². The SMILES string of the molecule is CC(C)(C)N.CCC(OC(=O)COc1ccc(F)cc1Cl)P(=O)(O)OC. The van der Waals surface area contributed by atoms with E-state index < -0.39 is 31.8 Å². The highest BCUT2D eigenvalue weighted by Crippen LogP contribution is 2.48. The van der Waals surface area contributed by atoms with E-state index in [4.69, 9.17) is 26.8 Å². The van der Waals surface area contributed by atoms with Crippen LogP contribution in [0.4, 0.5) is 4.39 Å². The number of hydrogen-bond donors (Lipinski definition) is 2. The fourth-order valence-electron chi connectivity index (χ4n) is 1.41. The van der Waals surface area contributed by atoms with Gasteiger partial charge in [-0.15, -0.1) is 0 Å². The molecule has 1 aromatic rings. The van der Waals surface area contributed by atoms with Gasteiger partial charge in [0.25, 0.3) is 0 Å². The predicted molar refractivity (Wildman–Crippen MR) is 97.9 cm³/mol. The molecule has 0 aliphatic heterocycles. The summed E-state index contributed by atoms with van der Waals surface area (Å²) in [6, 6.07) is 3.41. The third kappa shape index (κ3) is 10.7. The summed E-state index contributed by atoms with van der Waals surface area (Å²) in [6.07, 6.45) is 0.102. The molecule has 0 amide bonds. The molecule has 3 N–H and O–H groups in total. The second-order valence-corrected chi connectivity index (χ2v) is 8.81. The van der Waals surface area contributed by atoms with Gasteiger partial charge >= 0.3 is 13.6 Å². The monoisotopic (exact) mass is 413 g/mol. The van der Waals surface area contributed by atoms with Gasteiger partial charge < -0.3 is 24.6 Å².